The number of halogens is 1. The normalized spacial score (nSPS) is 19.3. The monoisotopic (exact) mass is 354 g/mol. The molecule has 1 aromatic carbocycles. The molecule has 1 fully saturated rings. The van der Waals surface area contributed by atoms with Crippen LogP contribution in [-0.2, 0) is 14.3 Å². The van der Waals surface area contributed by atoms with Crippen molar-refractivity contribution in [3.05, 3.63) is 34.9 Å². The smallest absolute Gasteiger partial charge is 0.317 e. The number of morpholine rings is 1. The summed E-state index contributed by atoms with van der Waals surface area (Å²) >= 11 is 6.00. The summed E-state index contributed by atoms with van der Waals surface area (Å²) < 4.78 is 5.67. The largest absolute Gasteiger partial charge is 0.480 e. The molecule has 1 aliphatic heterocycles. The van der Waals surface area contributed by atoms with Gasteiger partial charge < -0.3 is 14.7 Å². The van der Waals surface area contributed by atoms with Crippen molar-refractivity contribution in [3.8, 4) is 0 Å². The van der Waals surface area contributed by atoms with E-state index in [4.69, 9.17) is 21.4 Å². The minimum absolute atomic E-state index is 0.0338. The van der Waals surface area contributed by atoms with E-state index >= 15 is 0 Å². The van der Waals surface area contributed by atoms with Gasteiger partial charge in [-0.25, -0.2) is 0 Å². The Morgan fingerprint density at radius 3 is 2.92 bits per heavy atom. The van der Waals surface area contributed by atoms with Gasteiger partial charge in [0, 0.05) is 24.7 Å². The van der Waals surface area contributed by atoms with Crippen molar-refractivity contribution in [2.24, 2.45) is 0 Å². The van der Waals surface area contributed by atoms with Gasteiger partial charge >= 0.3 is 5.97 Å². The number of aliphatic carboxylic acids is 1. The Kier molecular flexibility index (Phi) is 6.60. The van der Waals surface area contributed by atoms with E-state index in [9.17, 15) is 9.59 Å². The zero-order valence-electron chi connectivity index (χ0n) is 13.9. The van der Waals surface area contributed by atoms with Crippen molar-refractivity contribution in [2.45, 2.75) is 18.9 Å². The van der Waals surface area contributed by atoms with Gasteiger partial charge in [-0.1, -0.05) is 23.7 Å². The standard InChI is InChI=1S/C17H23ClN2O4/c1-12(13-4-3-5-14(18)8-13)17(23)20-6-7-24-15(10-20)9-19(2)11-16(21)22/h3-5,8,12,15H,6-7,9-11H2,1-2H3,(H,21,22). The number of benzene rings is 1. The highest BCUT2D eigenvalue weighted by atomic mass is 35.5. The molecule has 1 aromatic rings. The number of hydrogen-bond donors (Lipinski definition) is 1. The first-order valence-corrected chi connectivity index (χ1v) is 8.31. The van der Waals surface area contributed by atoms with Gasteiger partial charge in [-0.15, -0.1) is 0 Å². The first-order chi connectivity index (χ1) is 11.4. The van der Waals surface area contributed by atoms with Gasteiger partial charge in [0.15, 0.2) is 0 Å². The molecule has 1 amide bonds. The molecule has 1 aliphatic rings. The van der Waals surface area contributed by atoms with Crippen LogP contribution in [0.15, 0.2) is 24.3 Å². The van der Waals surface area contributed by atoms with Gasteiger partial charge in [-0.3, -0.25) is 14.5 Å². The molecule has 2 unspecified atom stereocenters. The van der Waals surface area contributed by atoms with E-state index in [1.54, 1.807) is 22.9 Å². The highest BCUT2D eigenvalue weighted by Gasteiger charge is 2.28. The molecule has 0 aromatic heterocycles. The zero-order chi connectivity index (χ0) is 17.7. The summed E-state index contributed by atoms with van der Waals surface area (Å²) in [6.07, 6.45) is -0.182. The predicted molar refractivity (Wildman–Crippen MR) is 91.3 cm³/mol. The number of likely N-dealkylation sites (N-methyl/N-ethyl adjacent to an activating group) is 1. The van der Waals surface area contributed by atoms with Crippen molar-refractivity contribution in [1.82, 2.24) is 9.80 Å². The summed E-state index contributed by atoms with van der Waals surface area (Å²) in [6.45, 7) is 3.76. The number of carboxylic acids is 1. The summed E-state index contributed by atoms with van der Waals surface area (Å²) in [7, 11) is 1.73. The first-order valence-electron chi connectivity index (χ1n) is 7.93. The molecule has 6 nitrogen and oxygen atoms in total. The van der Waals surface area contributed by atoms with Crippen LogP contribution in [0.1, 0.15) is 18.4 Å². The molecule has 0 bridgehead atoms. The summed E-state index contributed by atoms with van der Waals surface area (Å²) in [5.74, 6) is -1.12. The Morgan fingerprint density at radius 1 is 1.50 bits per heavy atom. The molecule has 0 saturated carbocycles. The molecule has 2 rings (SSSR count). The maximum Gasteiger partial charge on any atom is 0.317 e. The van der Waals surface area contributed by atoms with E-state index in [2.05, 4.69) is 0 Å². The van der Waals surface area contributed by atoms with Crippen LogP contribution in [0.3, 0.4) is 0 Å². The van der Waals surface area contributed by atoms with Gasteiger partial charge in [0.2, 0.25) is 5.91 Å². The van der Waals surface area contributed by atoms with Gasteiger partial charge in [-0.05, 0) is 31.7 Å². The van der Waals surface area contributed by atoms with Crippen LogP contribution in [-0.4, -0.2) is 72.7 Å². The molecule has 0 radical (unpaired) electrons. The van der Waals surface area contributed by atoms with Crippen LogP contribution in [0.25, 0.3) is 0 Å². The molecule has 0 spiro atoms. The van der Waals surface area contributed by atoms with E-state index < -0.39 is 5.97 Å². The fraction of sp³-hybridized carbons (Fsp3) is 0.529. The second-order valence-corrected chi connectivity index (χ2v) is 6.58. The molecule has 1 N–H and O–H groups in total. The predicted octanol–water partition coefficient (Wildman–Crippen LogP) is 1.69. The summed E-state index contributed by atoms with van der Waals surface area (Å²) in [6, 6.07) is 7.32. The second-order valence-electron chi connectivity index (χ2n) is 6.14. The Hall–Kier alpha value is -1.63. The maximum atomic E-state index is 12.7. The van der Waals surface area contributed by atoms with E-state index in [1.807, 2.05) is 25.1 Å². The topological polar surface area (TPSA) is 70.1 Å². The van der Waals surface area contributed by atoms with Crippen LogP contribution < -0.4 is 0 Å². The Balaban J connectivity index is 1.95. The lowest BCUT2D eigenvalue weighted by molar-refractivity contribution is -0.143. The fourth-order valence-electron chi connectivity index (χ4n) is 2.87. The Morgan fingerprint density at radius 2 is 2.25 bits per heavy atom. The van der Waals surface area contributed by atoms with Crippen LogP contribution in [0.2, 0.25) is 5.02 Å². The highest BCUT2D eigenvalue weighted by Crippen LogP contribution is 2.22. The average Bonchev–Trinajstić information content (AvgIpc) is 2.53. The number of carbonyl (C=O) groups excluding carboxylic acids is 1. The third-order valence-corrected chi connectivity index (χ3v) is 4.33. The molecule has 7 heteroatoms. The van der Waals surface area contributed by atoms with Crippen LogP contribution in [0, 0.1) is 0 Å². The van der Waals surface area contributed by atoms with Crippen molar-refractivity contribution in [2.75, 3.05) is 39.8 Å². The van der Waals surface area contributed by atoms with Crippen molar-refractivity contribution < 1.29 is 19.4 Å². The molecule has 1 heterocycles. The van der Waals surface area contributed by atoms with Gasteiger partial charge in [-0.2, -0.15) is 0 Å². The van der Waals surface area contributed by atoms with E-state index in [0.29, 0.717) is 31.3 Å². The maximum absolute atomic E-state index is 12.7. The summed E-state index contributed by atoms with van der Waals surface area (Å²) in [5, 5.41) is 9.43. The number of carboxylic acid groups (broad SMARTS) is 1. The van der Waals surface area contributed by atoms with Crippen molar-refractivity contribution >= 4 is 23.5 Å². The minimum atomic E-state index is -0.879. The fourth-order valence-corrected chi connectivity index (χ4v) is 3.06. The third-order valence-electron chi connectivity index (χ3n) is 4.09. The number of rotatable bonds is 6. The molecular formula is C17H23ClN2O4. The highest BCUT2D eigenvalue weighted by molar-refractivity contribution is 6.30. The van der Waals surface area contributed by atoms with E-state index in [1.165, 1.54) is 0 Å². The van der Waals surface area contributed by atoms with Crippen LogP contribution in [0.4, 0.5) is 0 Å². The lowest BCUT2D eigenvalue weighted by Gasteiger charge is -2.36. The molecular weight excluding hydrogens is 332 g/mol. The van der Waals surface area contributed by atoms with Gasteiger partial charge in [0.25, 0.3) is 0 Å². The number of hydrogen-bond acceptors (Lipinski definition) is 4. The number of carbonyl (C=O) groups is 2. The average molecular weight is 355 g/mol. The third kappa shape index (κ3) is 5.19. The number of ether oxygens (including phenoxy) is 1. The lowest BCUT2D eigenvalue weighted by Crippen LogP contribution is -2.50. The van der Waals surface area contributed by atoms with Crippen LogP contribution >= 0.6 is 11.6 Å². The Labute approximate surface area is 146 Å². The first kappa shape index (κ1) is 18.7. The molecule has 132 valence electrons. The Bertz CT molecular complexity index is 596. The van der Waals surface area contributed by atoms with E-state index in [-0.39, 0.29) is 24.5 Å². The van der Waals surface area contributed by atoms with Crippen molar-refractivity contribution in [1.29, 1.82) is 0 Å². The summed E-state index contributed by atoms with van der Waals surface area (Å²) in [4.78, 5) is 26.9. The van der Waals surface area contributed by atoms with Gasteiger partial charge in [0.1, 0.15) is 0 Å². The number of nitrogens with zero attached hydrogens (tertiary/aromatic N) is 2. The molecule has 0 aliphatic carbocycles. The zero-order valence-corrected chi connectivity index (χ0v) is 14.7. The SMILES string of the molecule is CC(C(=O)N1CCOC(CN(C)CC(=O)O)C1)c1cccc(Cl)c1. The molecule has 2 atom stereocenters. The van der Waals surface area contributed by atoms with E-state index in [0.717, 1.165) is 5.56 Å². The lowest BCUT2D eigenvalue weighted by atomic mass is 9.99. The number of amides is 1. The summed E-state index contributed by atoms with van der Waals surface area (Å²) in [5.41, 5.74) is 0.888. The van der Waals surface area contributed by atoms with Crippen LogP contribution in [0.5, 0.6) is 0 Å². The molecule has 1 saturated heterocycles. The van der Waals surface area contributed by atoms with Gasteiger partial charge in [0.05, 0.1) is 25.2 Å². The minimum Gasteiger partial charge on any atom is -0.480 e. The second kappa shape index (κ2) is 8.46. The molecule has 24 heavy (non-hydrogen) atoms. The van der Waals surface area contributed by atoms with Crippen molar-refractivity contribution in [3.63, 3.8) is 0 Å². The quantitative estimate of drug-likeness (QED) is 0.841.